The first-order chi connectivity index (χ1) is 8.88. The van der Waals surface area contributed by atoms with Gasteiger partial charge in [-0.25, -0.2) is 0 Å². The number of hydrogen-bond donors (Lipinski definition) is 2. The van der Waals surface area contributed by atoms with E-state index in [2.05, 4.69) is 26.6 Å². The number of halogens is 1. The van der Waals surface area contributed by atoms with Crippen molar-refractivity contribution in [3.8, 4) is 0 Å². The molecular weight excluding hydrogens is 308 g/mol. The lowest BCUT2D eigenvalue weighted by Crippen LogP contribution is -2.27. The molecule has 104 valence electrons. The average molecular weight is 327 g/mol. The van der Waals surface area contributed by atoms with Crippen molar-refractivity contribution < 1.29 is 9.59 Å². The lowest BCUT2D eigenvalue weighted by atomic mass is 10.1. The topological polar surface area (TPSA) is 58.2 Å². The molecule has 5 heteroatoms. The first-order valence-corrected chi connectivity index (χ1v) is 6.98. The van der Waals surface area contributed by atoms with Gasteiger partial charge in [-0.05, 0) is 23.3 Å². The molecule has 0 saturated heterocycles. The van der Waals surface area contributed by atoms with E-state index >= 15 is 0 Å². The van der Waals surface area contributed by atoms with E-state index in [1.165, 1.54) is 6.92 Å². The smallest absolute Gasteiger partial charge is 0.222 e. The summed E-state index contributed by atoms with van der Waals surface area (Å²) in [6, 6.07) is 5.88. The van der Waals surface area contributed by atoms with Crippen molar-refractivity contribution in [1.29, 1.82) is 0 Å². The van der Waals surface area contributed by atoms with Crippen molar-refractivity contribution in [1.82, 2.24) is 10.6 Å². The largest absolute Gasteiger partial charge is 0.352 e. The van der Waals surface area contributed by atoms with Gasteiger partial charge < -0.3 is 10.6 Å². The quantitative estimate of drug-likeness (QED) is 0.872. The second-order valence-electron chi connectivity index (χ2n) is 4.75. The van der Waals surface area contributed by atoms with Gasteiger partial charge in [0.2, 0.25) is 11.8 Å². The zero-order valence-electron chi connectivity index (χ0n) is 11.4. The van der Waals surface area contributed by atoms with Gasteiger partial charge in [0.1, 0.15) is 0 Å². The lowest BCUT2D eigenvalue weighted by Gasteiger charge is -2.10. The molecule has 2 amide bonds. The summed E-state index contributed by atoms with van der Waals surface area (Å²) in [6.07, 6.45) is 0. The summed E-state index contributed by atoms with van der Waals surface area (Å²) in [6.45, 7) is 6.18. The predicted molar refractivity (Wildman–Crippen MR) is 78.3 cm³/mol. The van der Waals surface area contributed by atoms with Crippen molar-refractivity contribution in [2.24, 2.45) is 5.92 Å². The van der Waals surface area contributed by atoms with Crippen molar-refractivity contribution in [3.63, 3.8) is 0 Å². The second kappa shape index (κ2) is 7.28. The van der Waals surface area contributed by atoms with Gasteiger partial charge in [0.25, 0.3) is 0 Å². The molecule has 0 atom stereocenters. The summed E-state index contributed by atoms with van der Waals surface area (Å²) in [5.41, 5.74) is 2.00. The van der Waals surface area contributed by atoms with Crippen LogP contribution < -0.4 is 10.6 Å². The SMILES string of the molecule is CC(=O)NCc1cc(Br)cc(CNC(=O)C(C)C)c1. The van der Waals surface area contributed by atoms with Gasteiger partial charge in [0, 0.05) is 30.4 Å². The summed E-state index contributed by atoms with van der Waals surface area (Å²) in [5, 5.41) is 5.62. The van der Waals surface area contributed by atoms with Gasteiger partial charge in [-0.2, -0.15) is 0 Å². The van der Waals surface area contributed by atoms with E-state index in [1.54, 1.807) is 0 Å². The standard InChI is InChI=1S/C14H19BrN2O2/c1-9(2)14(19)17-8-12-4-11(5-13(15)6-12)7-16-10(3)18/h4-6,9H,7-8H2,1-3H3,(H,16,18)(H,17,19). The van der Waals surface area contributed by atoms with Crippen LogP contribution >= 0.6 is 15.9 Å². The molecule has 19 heavy (non-hydrogen) atoms. The minimum absolute atomic E-state index is 0.0222. The number of carbonyl (C=O) groups is 2. The highest BCUT2D eigenvalue weighted by molar-refractivity contribution is 9.10. The molecule has 2 N–H and O–H groups in total. The number of amides is 2. The van der Waals surface area contributed by atoms with Crippen LogP contribution in [0.1, 0.15) is 31.9 Å². The van der Waals surface area contributed by atoms with E-state index in [1.807, 2.05) is 32.0 Å². The van der Waals surface area contributed by atoms with E-state index in [-0.39, 0.29) is 17.7 Å². The van der Waals surface area contributed by atoms with E-state index in [0.717, 1.165) is 15.6 Å². The highest BCUT2D eigenvalue weighted by Gasteiger charge is 2.07. The molecule has 0 radical (unpaired) electrons. The van der Waals surface area contributed by atoms with Crippen LogP contribution in [0, 0.1) is 5.92 Å². The molecule has 0 fully saturated rings. The van der Waals surface area contributed by atoms with Gasteiger partial charge in [-0.3, -0.25) is 9.59 Å². The second-order valence-corrected chi connectivity index (χ2v) is 5.67. The number of benzene rings is 1. The fourth-order valence-electron chi connectivity index (χ4n) is 1.54. The molecule has 0 spiro atoms. The Bertz CT molecular complexity index is 473. The molecule has 0 aliphatic carbocycles. The van der Waals surface area contributed by atoms with Crippen molar-refractivity contribution in [2.45, 2.75) is 33.9 Å². The van der Waals surface area contributed by atoms with Crippen LogP contribution in [0.2, 0.25) is 0 Å². The molecule has 0 heterocycles. The Balaban J connectivity index is 2.68. The van der Waals surface area contributed by atoms with Crippen LogP contribution in [-0.2, 0) is 22.7 Å². The van der Waals surface area contributed by atoms with Gasteiger partial charge >= 0.3 is 0 Å². The highest BCUT2D eigenvalue weighted by Crippen LogP contribution is 2.16. The van der Waals surface area contributed by atoms with E-state index in [4.69, 9.17) is 0 Å². The maximum absolute atomic E-state index is 11.5. The number of rotatable bonds is 5. The Hall–Kier alpha value is -1.36. The van der Waals surface area contributed by atoms with Crippen molar-refractivity contribution in [3.05, 3.63) is 33.8 Å². The molecule has 0 aliphatic rings. The maximum Gasteiger partial charge on any atom is 0.222 e. The minimum atomic E-state index is -0.0605. The van der Waals surface area contributed by atoms with Crippen LogP contribution in [0.25, 0.3) is 0 Å². The summed E-state index contributed by atoms with van der Waals surface area (Å²) in [7, 11) is 0. The normalized spacial score (nSPS) is 10.4. The highest BCUT2D eigenvalue weighted by atomic mass is 79.9. The Morgan fingerprint density at radius 2 is 1.63 bits per heavy atom. The van der Waals surface area contributed by atoms with Crippen LogP contribution in [0.5, 0.6) is 0 Å². The summed E-state index contributed by atoms with van der Waals surface area (Å²) in [5.74, 6) is -0.0518. The van der Waals surface area contributed by atoms with Crippen molar-refractivity contribution in [2.75, 3.05) is 0 Å². The summed E-state index contributed by atoms with van der Waals surface area (Å²) < 4.78 is 0.934. The Kier molecular flexibility index (Phi) is 6.02. The summed E-state index contributed by atoms with van der Waals surface area (Å²) in [4.78, 5) is 22.4. The van der Waals surface area contributed by atoms with E-state index < -0.39 is 0 Å². The lowest BCUT2D eigenvalue weighted by molar-refractivity contribution is -0.124. The van der Waals surface area contributed by atoms with E-state index in [9.17, 15) is 9.59 Å². The summed E-state index contributed by atoms with van der Waals surface area (Å²) >= 11 is 3.43. The molecule has 0 aromatic heterocycles. The molecular formula is C14H19BrN2O2. The Labute approximate surface area is 122 Å². The minimum Gasteiger partial charge on any atom is -0.352 e. The van der Waals surface area contributed by atoms with Crippen LogP contribution in [0.4, 0.5) is 0 Å². The average Bonchev–Trinajstić information content (AvgIpc) is 2.32. The zero-order chi connectivity index (χ0) is 14.4. The van der Waals surface area contributed by atoms with Crippen LogP contribution in [0.15, 0.2) is 22.7 Å². The van der Waals surface area contributed by atoms with Crippen LogP contribution in [0.3, 0.4) is 0 Å². The van der Waals surface area contributed by atoms with Gasteiger partial charge in [0.15, 0.2) is 0 Å². The first-order valence-electron chi connectivity index (χ1n) is 6.19. The third kappa shape index (κ3) is 5.87. The molecule has 4 nitrogen and oxygen atoms in total. The van der Waals surface area contributed by atoms with Gasteiger partial charge in [0.05, 0.1) is 0 Å². The first kappa shape index (κ1) is 15.7. The zero-order valence-corrected chi connectivity index (χ0v) is 13.0. The van der Waals surface area contributed by atoms with Crippen LogP contribution in [-0.4, -0.2) is 11.8 Å². The predicted octanol–water partition coefficient (Wildman–Crippen LogP) is 2.36. The Morgan fingerprint density at radius 1 is 1.11 bits per heavy atom. The fraction of sp³-hybridized carbons (Fsp3) is 0.429. The third-order valence-corrected chi connectivity index (χ3v) is 3.01. The number of carbonyl (C=O) groups excluding carboxylic acids is 2. The fourth-order valence-corrected chi connectivity index (χ4v) is 2.13. The van der Waals surface area contributed by atoms with Crippen molar-refractivity contribution >= 4 is 27.7 Å². The van der Waals surface area contributed by atoms with Gasteiger partial charge in [-0.15, -0.1) is 0 Å². The Morgan fingerprint density at radius 3 is 2.11 bits per heavy atom. The molecule has 1 rings (SSSR count). The molecule has 0 aliphatic heterocycles. The molecule has 0 saturated carbocycles. The third-order valence-electron chi connectivity index (χ3n) is 2.55. The monoisotopic (exact) mass is 326 g/mol. The van der Waals surface area contributed by atoms with Gasteiger partial charge in [-0.1, -0.05) is 35.8 Å². The number of nitrogens with one attached hydrogen (secondary N) is 2. The maximum atomic E-state index is 11.5. The molecule has 1 aromatic rings. The molecule has 0 bridgehead atoms. The number of hydrogen-bond acceptors (Lipinski definition) is 2. The molecule has 1 aromatic carbocycles. The van der Waals surface area contributed by atoms with E-state index in [0.29, 0.717) is 13.1 Å². The molecule has 0 unspecified atom stereocenters.